The molecule has 1 aliphatic carbocycles. The van der Waals surface area contributed by atoms with Gasteiger partial charge in [-0.2, -0.15) is 0 Å². The summed E-state index contributed by atoms with van der Waals surface area (Å²) in [5.74, 6) is -0.709. The second kappa shape index (κ2) is 8.99. The molecule has 6 heteroatoms. The summed E-state index contributed by atoms with van der Waals surface area (Å²) >= 11 is 0. The Morgan fingerprint density at radius 2 is 1.76 bits per heavy atom. The molecular formula is C23H30N4O2. The number of benzene rings is 1. The topological polar surface area (TPSA) is 66.4 Å². The van der Waals surface area contributed by atoms with E-state index < -0.39 is 0 Å². The molecule has 2 amide bonds. The van der Waals surface area contributed by atoms with Gasteiger partial charge in [-0.3, -0.25) is 20.4 Å². The Hall–Kier alpha value is -3.02. The van der Waals surface area contributed by atoms with Crippen LogP contribution in [0.4, 0.5) is 5.69 Å². The van der Waals surface area contributed by atoms with Gasteiger partial charge in [-0.05, 0) is 82.5 Å². The number of nitrogens with one attached hydrogen (secondary N) is 2. The van der Waals surface area contributed by atoms with Gasteiger partial charge in [0.05, 0.1) is 0 Å². The van der Waals surface area contributed by atoms with E-state index in [1.807, 2.05) is 12.1 Å². The van der Waals surface area contributed by atoms with Crippen molar-refractivity contribution in [3.05, 3.63) is 58.9 Å². The quantitative estimate of drug-likeness (QED) is 0.555. The molecule has 0 radical (unpaired) electrons. The number of hydrazine groups is 1. The Morgan fingerprint density at radius 3 is 2.34 bits per heavy atom. The van der Waals surface area contributed by atoms with Gasteiger partial charge >= 0.3 is 0 Å². The molecule has 2 N–H and O–H groups in total. The summed E-state index contributed by atoms with van der Waals surface area (Å²) < 4.78 is 2.33. The van der Waals surface area contributed by atoms with Crippen LogP contribution in [-0.4, -0.2) is 29.5 Å². The summed E-state index contributed by atoms with van der Waals surface area (Å²) in [6, 6.07) is 10.1. The molecule has 154 valence electrons. The second-order valence-electron chi connectivity index (χ2n) is 7.42. The average Bonchev–Trinajstić information content (AvgIpc) is 3.51. The minimum Gasteiger partial charge on any atom is -0.372 e. The zero-order valence-corrected chi connectivity index (χ0v) is 17.7. The molecule has 1 aromatic carbocycles. The van der Waals surface area contributed by atoms with E-state index in [4.69, 9.17) is 0 Å². The lowest BCUT2D eigenvalue weighted by atomic mass is 10.2. The first-order valence-electron chi connectivity index (χ1n) is 10.3. The first kappa shape index (κ1) is 20.7. The van der Waals surface area contributed by atoms with Crippen LogP contribution in [0.2, 0.25) is 0 Å². The van der Waals surface area contributed by atoms with Crippen molar-refractivity contribution in [2.45, 2.75) is 46.6 Å². The maximum atomic E-state index is 12.3. The minimum absolute atomic E-state index is 0.343. The molecule has 0 bridgehead atoms. The minimum atomic E-state index is -0.366. The molecule has 0 spiro atoms. The van der Waals surface area contributed by atoms with Crippen LogP contribution in [0.25, 0.3) is 6.08 Å². The first-order valence-corrected chi connectivity index (χ1v) is 10.3. The molecule has 6 nitrogen and oxygen atoms in total. The van der Waals surface area contributed by atoms with Gasteiger partial charge in [0, 0.05) is 47.8 Å². The van der Waals surface area contributed by atoms with E-state index in [0.29, 0.717) is 11.6 Å². The SMILES string of the molecule is CCN(CC)c1ccc(C(=O)NNC(=O)/C=C/c2cc(C)n(C3CC3)c2C)cc1. The number of aryl methyl sites for hydroxylation is 1. The van der Waals surface area contributed by atoms with Crippen LogP contribution in [0, 0.1) is 13.8 Å². The molecule has 1 heterocycles. The van der Waals surface area contributed by atoms with Gasteiger partial charge in [-0.1, -0.05) is 0 Å². The molecule has 0 atom stereocenters. The highest BCUT2D eigenvalue weighted by Gasteiger charge is 2.26. The highest BCUT2D eigenvalue weighted by Crippen LogP contribution is 2.38. The Bertz CT molecular complexity index is 904. The lowest BCUT2D eigenvalue weighted by molar-refractivity contribution is -0.117. The van der Waals surface area contributed by atoms with Crippen LogP contribution < -0.4 is 15.8 Å². The summed E-state index contributed by atoms with van der Waals surface area (Å²) in [6.07, 6.45) is 5.69. The van der Waals surface area contributed by atoms with E-state index in [9.17, 15) is 9.59 Å². The van der Waals surface area contributed by atoms with Crippen molar-refractivity contribution in [2.24, 2.45) is 0 Å². The van der Waals surface area contributed by atoms with Gasteiger partial charge in [0.2, 0.25) is 0 Å². The third-order valence-electron chi connectivity index (χ3n) is 5.41. The van der Waals surface area contributed by atoms with Crippen molar-refractivity contribution in [1.29, 1.82) is 0 Å². The molecule has 0 aliphatic heterocycles. The lowest BCUT2D eigenvalue weighted by Crippen LogP contribution is -2.40. The Balaban J connectivity index is 1.54. The maximum absolute atomic E-state index is 12.3. The van der Waals surface area contributed by atoms with Crippen molar-refractivity contribution in [1.82, 2.24) is 15.4 Å². The Morgan fingerprint density at radius 1 is 1.10 bits per heavy atom. The summed E-state index contributed by atoms with van der Waals surface area (Å²) in [5.41, 5.74) is 9.89. The number of carbonyl (C=O) groups excluding carboxylic acids is 2. The molecule has 1 aromatic heterocycles. The fourth-order valence-electron chi connectivity index (χ4n) is 3.68. The van der Waals surface area contributed by atoms with Gasteiger partial charge in [-0.15, -0.1) is 0 Å². The number of anilines is 1. The summed E-state index contributed by atoms with van der Waals surface area (Å²) in [5, 5.41) is 0. The van der Waals surface area contributed by atoms with Crippen LogP contribution in [0.1, 0.15) is 60.0 Å². The zero-order valence-electron chi connectivity index (χ0n) is 17.7. The lowest BCUT2D eigenvalue weighted by Gasteiger charge is -2.21. The van der Waals surface area contributed by atoms with Gasteiger partial charge in [0.1, 0.15) is 0 Å². The number of hydrogen-bond acceptors (Lipinski definition) is 3. The molecule has 29 heavy (non-hydrogen) atoms. The highest BCUT2D eigenvalue weighted by molar-refractivity contribution is 5.98. The van der Waals surface area contributed by atoms with Gasteiger partial charge < -0.3 is 9.47 Å². The van der Waals surface area contributed by atoms with Crippen molar-refractivity contribution < 1.29 is 9.59 Å². The predicted octanol–water partition coefficient (Wildman–Crippen LogP) is 3.76. The molecule has 0 unspecified atom stereocenters. The normalized spacial score (nSPS) is 13.5. The largest absolute Gasteiger partial charge is 0.372 e. The number of carbonyl (C=O) groups is 2. The first-order chi connectivity index (χ1) is 13.9. The standard InChI is InChI=1S/C23H30N4O2/c1-5-26(6-2)20-10-7-18(8-11-20)23(29)25-24-22(28)14-9-19-15-16(3)27(17(19)4)21-12-13-21/h7-11,14-15,21H,5-6,12-13H2,1-4H3,(H,24,28)(H,25,29)/b14-9+. The van der Waals surface area contributed by atoms with Crippen LogP contribution in [0.5, 0.6) is 0 Å². The van der Waals surface area contributed by atoms with E-state index in [0.717, 1.165) is 24.3 Å². The van der Waals surface area contributed by atoms with E-state index in [-0.39, 0.29) is 11.8 Å². The van der Waals surface area contributed by atoms with Crippen molar-refractivity contribution in [3.63, 3.8) is 0 Å². The molecule has 1 aliphatic rings. The van der Waals surface area contributed by atoms with Crippen molar-refractivity contribution >= 4 is 23.6 Å². The van der Waals surface area contributed by atoms with E-state index in [2.05, 4.69) is 54.1 Å². The second-order valence-corrected chi connectivity index (χ2v) is 7.42. The van der Waals surface area contributed by atoms with Crippen LogP contribution in [0.3, 0.4) is 0 Å². The number of rotatable bonds is 7. The fourth-order valence-corrected chi connectivity index (χ4v) is 3.68. The highest BCUT2D eigenvalue weighted by atomic mass is 16.2. The summed E-state index contributed by atoms with van der Waals surface area (Å²) in [7, 11) is 0. The van der Waals surface area contributed by atoms with Gasteiger partial charge in [0.25, 0.3) is 11.8 Å². The van der Waals surface area contributed by atoms with Crippen molar-refractivity contribution in [2.75, 3.05) is 18.0 Å². The zero-order chi connectivity index (χ0) is 21.0. The predicted molar refractivity (Wildman–Crippen MR) is 117 cm³/mol. The molecule has 3 rings (SSSR count). The number of nitrogens with zero attached hydrogens (tertiary/aromatic N) is 2. The van der Waals surface area contributed by atoms with E-state index >= 15 is 0 Å². The van der Waals surface area contributed by atoms with Crippen molar-refractivity contribution in [3.8, 4) is 0 Å². The monoisotopic (exact) mass is 394 g/mol. The number of hydrogen-bond donors (Lipinski definition) is 2. The smallest absolute Gasteiger partial charge is 0.269 e. The van der Waals surface area contributed by atoms with Crippen LogP contribution in [-0.2, 0) is 4.79 Å². The van der Waals surface area contributed by atoms with Crippen LogP contribution in [0.15, 0.2) is 36.4 Å². The summed E-state index contributed by atoms with van der Waals surface area (Å²) in [6.45, 7) is 10.2. The van der Waals surface area contributed by atoms with E-state index in [1.54, 1.807) is 18.2 Å². The molecule has 2 aromatic rings. The fraction of sp³-hybridized carbons (Fsp3) is 0.391. The van der Waals surface area contributed by atoms with Crippen LogP contribution >= 0.6 is 0 Å². The molecule has 1 fully saturated rings. The third-order valence-corrected chi connectivity index (χ3v) is 5.41. The van der Waals surface area contributed by atoms with Gasteiger partial charge in [0.15, 0.2) is 0 Å². The molecule has 0 saturated heterocycles. The van der Waals surface area contributed by atoms with E-state index in [1.165, 1.54) is 30.3 Å². The average molecular weight is 395 g/mol. The molecule has 1 saturated carbocycles. The Kier molecular flexibility index (Phi) is 6.42. The number of aromatic nitrogens is 1. The number of amides is 2. The third kappa shape index (κ3) is 4.88. The Labute approximate surface area is 172 Å². The molecular weight excluding hydrogens is 364 g/mol. The maximum Gasteiger partial charge on any atom is 0.269 e. The van der Waals surface area contributed by atoms with Gasteiger partial charge in [-0.25, -0.2) is 0 Å². The summed E-state index contributed by atoms with van der Waals surface area (Å²) in [4.78, 5) is 26.6.